The molecule has 0 unspecified atom stereocenters. The van der Waals surface area contributed by atoms with Gasteiger partial charge in [-0.15, -0.1) is 0 Å². The second kappa shape index (κ2) is 10.9. The van der Waals surface area contributed by atoms with Gasteiger partial charge in [-0.05, 0) is 0 Å². The van der Waals surface area contributed by atoms with Gasteiger partial charge in [-0.2, -0.15) is 13.2 Å². The Morgan fingerprint density at radius 1 is 0.625 bits per heavy atom. The zero-order valence-corrected chi connectivity index (χ0v) is 12.4. The molecule has 0 atom stereocenters. The van der Waals surface area contributed by atoms with E-state index in [0.29, 0.717) is 6.42 Å². The van der Waals surface area contributed by atoms with E-state index in [0.717, 1.165) is 19.3 Å². The van der Waals surface area contributed by atoms with Crippen LogP contribution in [0.3, 0.4) is 0 Å². The van der Waals surface area contributed by atoms with Crippen LogP contribution in [0, 0.1) is 0 Å². The summed E-state index contributed by atoms with van der Waals surface area (Å²) < 4.78 is 36.8. The van der Waals surface area contributed by atoms with Crippen LogP contribution in [0.4, 0.5) is 13.2 Å². The first-order valence-electron chi connectivity index (χ1n) is 6.63. The van der Waals surface area contributed by atoms with Crippen LogP contribution in [0.1, 0.15) is 64.2 Å². The Morgan fingerprint density at radius 3 is 1.38 bits per heavy atom. The summed E-state index contributed by atoms with van der Waals surface area (Å²) in [6, 6.07) is 0. The molecule has 0 amide bonds. The first-order chi connectivity index (χ1) is 7.56. The van der Waals surface area contributed by atoms with Crippen molar-refractivity contribution in [2.24, 2.45) is 0 Å². The normalized spacial score (nSPS) is 12.1. The van der Waals surface area contributed by atoms with Crippen molar-refractivity contribution < 1.29 is 13.2 Å². The SMILES string of the molecule is FC(F)(F)CCCCCCCCCC[CH2][Na]. The molecular formula is C12H22F3Na. The van der Waals surface area contributed by atoms with Crippen LogP contribution in [-0.4, -0.2) is 34.1 Å². The van der Waals surface area contributed by atoms with Gasteiger partial charge in [0.25, 0.3) is 0 Å². The van der Waals surface area contributed by atoms with Gasteiger partial charge in [0.15, 0.2) is 0 Å². The Balaban J connectivity index is 2.99. The third-order valence-electron chi connectivity index (χ3n) is 2.81. The van der Waals surface area contributed by atoms with Crippen LogP contribution in [0.2, 0.25) is 3.67 Å². The van der Waals surface area contributed by atoms with Crippen LogP contribution in [-0.2, 0) is 0 Å². The molecule has 0 fully saturated rings. The zero-order valence-electron chi connectivity index (χ0n) is 10.4. The summed E-state index contributed by atoms with van der Waals surface area (Å²) in [5.41, 5.74) is 0. The maximum atomic E-state index is 11.8. The van der Waals surface area contributed by atoms with Gasteiger partial charge >= 0.3 is 102 Å². The van der Waals surface area contributed by atoms with Crippen molar-refractivity contribution in [3.63, 3.8) is 0 Å². The molecule has 16 heavy (non-hydrogen) atoms. The van der Waals surface area contributed by atoms with Crippen molar-refractivity contribution in [1.82, 2.24) is 0 Å². The molecule has 0 N–H and O–H groups in total. The van der Waals surface area contributed by atoms with E-state index in [2.05, 4.69) is 0 Å². The number of halogens is 3. The standard InChI is InChI=1S/C12H22F3.Na/c1-2-3-4-5-6-7-8-9-10-11-12(13,14)15;/h1-11H2;. The molecule has 0 aliphatic rings. The Morgan fingerprint density at radius 2 is 1.00 bits per heavy atom. The molecule has 0 aromatic carbocycles. The Hall–Kier alpha value is 0.790. The summed E-state index contributed by atoms with van der Waals surface area (Å²) in [5.74, 6) is 0. The third-order valence-corrected chi connectivity index (χ3v) is 3.52. The number of unbranched alkanes of at least 4 members (excludes halogenated alkanes) is 8. The zero-order chi connectivity index (χ0) is 12.3. The first-order valence-corrected chi connectivity index (χ1v) is 8.04. The second-order valence-corrected chi connectivity index (χ2v) is 5.55. The predicted molar refractivity (Wildman–Crippen MR) is 62.8 cm³/mol. The predicted octanol–water partition coefficient (Wildman–Crippen LogP) is 5.04. The summed E-state index contributed by atoms with van der Waals surface area (Å²) in [5, 5.41) is 0. The molecule has 0 rings (SSSR count). The van der Waals surface area contributed by atoms with Crippen LogP contribution in [0.5, 0.6) is 0 Å². The van der Waals surface area contributed by atoms with Gasteiger partial charge in [-0.1, -0.05) is 0 Å². The summed E-state index contributed by atoms with van der Waals surface area (Å²) in [6.45, 7) is 0. The van der Waals surface area contributed by atoms with Crippen LogP contribution in [0.25, 0.3) is 0 Å². The molecule has 0 radical (unpaired) electrons. The summed E-state index contributed by atoms with van der Waals surface area (Å²) in [7, 11) is 0. The van der Waals surface area contributed by atoms with E-state index in [1.807, 2.05) is 0 Å². The fraction of sp³-hybridized carbons (Fsp3) is 1.00. The van der Waals surface area contributed by atoms with Crippen molar-refractivity contribution in [2.45, 2.75) is 74.1 Å². The van der Waals surface area contributed by atoms with Crippen molar-refractivity contribution in [1.29, 1.82) is 0 Å². The quantitative estimate of drug-likeness (QED) is 0.374. The first kappa shape index (κ1) is 16.8. The van der Waals surface area contributed by atoms with E-state index in [1.54, 1.807) is 0 Å². The average molecular weight is 246 g/mol. The molecular weight excluding hydrogens is 224 g/mol. The van der Waals surface area contributed by atoms with Crippen molar-refractivity contribution in [3.8, 4) is 0 Å². The van der Waals surface area contributed by atoms with Gasteiger partial charge < -0.3 is 0 Å². The second-order valence-electron chi connectivity index (χ2n) is 4.55. The fourth-order valence-corrected chi connectivity index (χ4v) is 2.31. The van der Waals surface area contributed by atoms with Gasteiger partial charge in [-0.3, -0.25) is 0 Å². The summed E-state index contributed by atoms with van der Waals surface area (Å²) >= 11 is 1.31. The number of rotatable bonds is 10. The minimum atomic E-state index is -3.95. The average Bonchev–Trinajstić information content (AvgIpc) is 2.19. The van der Waals surface area contributed by atoms with E-state index in [1.165, 1.54) is 63.7 Å². The van der Waals surface area contributed by atoms with Gasteiger partial charge in [0.1, 0.15) is 0 Å². The molecule has 0 bridgehead atoms. The molecule has 92 valence electrons. The molecule has 0 aromatic rings. The monoisotopic (exact) mass is 246 g/mol. The molecule has 0 aliphatic heterocycles. The van der Waals surface area contributed by atoms with Crippen LogP contribution in [0.15, 0.2) is 0 Å². The van der Waals surface area contributed by atoms with E-state index < -0.39 is 12.6 Å². The third kappa shape index (κ3) is 14.8. The van der Waals surface area contributed by atoms with Crippen molar-refractivity contribution in [2.75, 3.05) is 0 Å². The molecule has 0 aromatic heterocycles. The van der Waals surface area contributed by atoms with Crippen molar-refractivity contribution >= 4 is 27.9 Å². The van der Waals surface area contributed by atoms with E-state index in [4.69, 9.17) is 0 Å². The minimum absolute atomic E-state index is 0.309. The van der Waals surface area contributed by atoms with E-state index in [9.17, 15) is 13.2 Å². The topological polar surface area (TPSA) is 0 Å². The molecule has 4 heteroatoms. The number of hydrogen-bond donors (Lipinski definition) is 0. The molecule has 0 heterocycles. The maximum absolute atomic E-state index is 11.8. The Labute approximate surface area is 115 Å². The molecule has 0 aliphatic carbocycles. The van der Waals surface area contributed by atoms with E-state index in [-0.39, 0.29) is 0 Å². The fourth-order valence-electron chi connectivity index (χ4n) is 1.81. The van der Waals surface area contributed by atoms with Crippen LogP contribution >= 0.6 is 0 Å². The van der Waals surface area contributed by atoms with Gasteiger partial charge in [0.2, 0.25) is 0 Å². The van der Waals surface area contributed by atoms with E-state index >= 15 is 0 Å². The van der Waals surface area contributed by atoms with Crippen LogP contribution < -0.4 is 0 Å². The van der Waals surface area contributed by atoms with Gasteiger partial charge in [0.05, 0.1) is 0 Å². The van der Waals surface area contributed by atoms with Gasteiger partial charge in [-0.25, -0.2) is 0 Å². The van der Waals surface area contributed by atoms with Crippen molar-refractivity contribution in [3.05, 3.63) is 0 Å². The molecule has 0 saturated heterocycles. The molecule has 0 spiro atoms. The number of hydrogen-bond acceptors (Lipinski definition) is 0. The summed E-state index contributed by atoms with van der Waals surface area (Å²) in [4.78, 5) is 0. The molecule has 0 nitrogen and oxygen atoms in total. The number of alkyl halides is 3. The molecule has 0 saturated carbocycles. The Kier molecular flexibility index (Phi) is 11.5. The van der Waals surface area contributed by atoms with Gasteiger partial charge in [0, 0.05) is 0 Å². The Bertz CT molecular complexity index is 146. The summed E-state index contributed by atoms with van der Waals surface area (Å²) in [6.07, 6.45) is 5.06.